The van der Waals surface area contributed by atoms with Gasteiger partial charge in [-0.15, -0.1) is 0 Å². The molecule has 0 aliphatic rings. The zero-order chi connectivity index (χ0) is 12.4. The van der Waals surface area contributed by atoms with E-state index in [0.29, 0.717) is 10.7 Å². The van der Waals surface area contributed by atoms with Gasteiger partial charge in [0.05, 0.1) is 16.4 Å². The number of aryl methyl sites for hydroxylation is 1. The summed E-state index contributed by atoms with van der Waals surface area (Å²) in [7, 11) is 0. The average molecular weight is 267 g/mol. The topological polar surface area (TPSA) is 38.0 Å². The number of hydrogen-bond acceptors (Lipinski definition) is 2. The van der Waals surface area contributed by atoms with E-state index in [1.165, 1.54) is 0 Å². The summed E-state index contributed by atoms with van der Waals surface area (Å²) in [6.45, 7) is 1.96. The average Bonchev–Trinajstić information content (AvgIpc) is 2.30. The molecule has 0 radical (unpaired) electrons. The Morgan fingerprint density at radius 3 is 2.53 bits per heavy atom. The molecular formula is C13H12Cl2N2. The maximum Gasteiger partial charge on any atom is 0.0742 e. The van der Waals surface area contributed by atoms with Crippen LogP contribution in [0, 0.1) is 6.92 Å². The number of rotatable bonds is 2. The molecule has 0 fully saturated rings. The van der Waals surface area contributed by atoms with Gasteiger partial charge in [-0.2, -0.15) is 0 Å². The molecule has 0 aromatic heterocycles. The van der Waals surface area contributed by atoms with Gasteiger partial charge >= 0.3 is 0 Å². The quantitative estimate of drug-likeness (QED) is 0.778. The van der Waals surface area contributed by atoms with Gasteiger partial charge < -0.3 is 11.1 Å². The third-order valence-electron chi connectivity index (χ3n) is 2.50. The predicted molar refractivity (Wildman–Crippen MR) is 75.3 cm³/mol. The number of benzene rings is 2. The Hall–Kier alpha value is -1.38. The number of anilines is 3. The Balaban J connectivity index is 2.31. The molecule has 0 unspecified atom stereocenters. The number of nitrogens with two attached hydrogens (primary N) is 1. The highest BCUT2D eigenvalue weighted by Crippen LogP contribution is 2.30. The lowest BCUT2D eigenvalue weighted by molar-refractivity contribution is 1.45. The highest BCUT2D eigenvalue weighted by Gasteiger charge is 2.04. The van der Waals surface area contributed by atoms with Gasteiger partial charge in [0.15, 0.2) is 0 Å². The van der Waals surface area contributed by atoms with Gasteiger partial charge in [0.2, 0.25) is 0 Å². The molecule has 0 amide bonds. The first-order valence-electron chi connectivity index (χ1n) is 5.15. The number of nitrogen functional groups attached to an aromatic ring is 1. The molecule has 0 aliphatic heterocycles. The van der Waals surface area contributed by atoms with E-state index >= 15 is 0 Å². The fourth-order valence-electron chi connectivity index (χ4n) is 1.47. The predicted octanol–water partition coefficient (Wildman–Crippen LogP) is 4.63. The fourth-order valence-corrected chi connectivity index (χ4v) is 1.83. The molecule has 0 atom stereocenters. The Kier molecular flexibility index (Phi) is 3.46. The summed E-state index contributed by atoms with van der Waals surface area (Å²) >= 11 is 12.0. The van der Waals surface area contributed by atoms with E-state index < -0.39 is 0 Å². The van der Waals surface area contributed by atoms with E-state index in [0.717, 1.165) is 22.0 Å². The number of nitrogens with one attached hydrogen (secondary N) is 1. The van der Waals surface area contributed by atoms with Crippen LogP contribution in [0.5, 0.6) is 0 Å². The molecule has 0 saturated carbocycles. The van der Waals surface area contributed by atoms with E-state index in [4.69, 9.17) is 28.9 Å². The summed E-state index contributed by atoms with van der Waals surface area (Å²) in [5, 5.41) is 4.44. The largest absolute Gasteiger partial charge is 0.396 e. The van der Waals surface area contributed by atoms with Gasteiger partial charge in [0.1, 0.15) is 0 Å². The van der Waals surface area contributed by atoms with Gasteiger partial charge in [-0.3, -0.25) is 0 Å². The molecule has 4 heteroatoms. The summed E-state index contributed by atoms with van der Waals surface area (Å²) in [6, 6.07) is 11.2. The first-order chi connectivity index (χ1) is 8.08. The maximum atomic E-state index is 6.05. The summed E-state index contributed by atoms with van der Waals surface area (Å²) < 4.78 is 0. The summed E-state index contributed by atoms with van der Waals surface area (Å²) in [5.74, 6) is 0. The van der Waals surface area contributed by atoms with Crippen molar-refractivity contribution in [1.29, 1.82) is 0 Å². The Bertz CT molecular complexity index is 553. The van der Waals surface area contributed by atoms with Crippen molar-refractivity contribution >= 4 is 40.3 Å². The first-order valence-corrected chi connectivity index (χ1v) is 5.90. The number of hydrogen-bond donors (Lipinski definition) is 2. The highest BCUT2D eigenvalue weighted by atomic mass is 35.5. The van der Waals surface area contributed by atoms with Crippen LogP contribution in [0.1, 0.15) is 5.56 Å². The molecule has 0 saturated heterocycles. The highest BCUT2D eigenvalue weighted by molar-refractivity contribution is 6.33. The van der Waals surface area contributed by atoms with Crippen LogP contribution in [-0.4, -0.2) is 0 Å². The van der Waals surface area contributed by atoms with E-state index in [2.05, 4.69) is 5.32 Å². The van der Waals surface area contributed by atoms with Crippen LogP contribution in [0.25, 0.3) is 0 Å². The molecule has 88 valence electrons. The molecule has 0 heterocycles. The normalized spacial score (nSPS) is 10.3. The van der Waals surface area contributed by atoms with Crippen molar-refractivity contribution in [3.63, 3.8) is 0 Å². The second-order valence-corrected chi connectivity index (χ2v) is 4.60. The zero-order valence-electron chi connectivity index (χ0n) is 9.30. The number of halogens is 2. The van der Waals surface area contributed by atoms with Gasteiger partial charge in [-0.1, -0.05) is 35.3 Å². The van der Waals surface area contributed by atoms with Gasteiger partial charge in [0, 0.05) is 10.7 Å². The first kappa shape index (κ1) is 12.1. The molecule has 0 bridgehead atoms. The summed E-state index contributed by atoms with van der Waals surface area (Å²) in [6.07, 6.45) is 0. The summed E-state index contributed by atoms with van der Waals surface area (Å²) in [5.41, 5.74) is 9.10. The van der Waals surface area contributed by atoms with Crippen molar-refractivity contribution in [3.8, 4) is 0 Å². The standard InChI is InChI=1S/C13H12Cl2N2/c1-8-5-6-9(7-11(8)15)17-12-4-2-3-10(14)13(12)16/h2-7,17H,16H2,1H3. The van der Waals surface area contributed by atoms with Crippen LogP contribution in [0.4, 0.5) is 17.1 Å². The van der Waals surface area contributed by atoms with Crippen molar-refractivity contribution < 1.29 is 0 Å². The second-order valence-electron chi connectivity index (χ2n) is 3.79. The van der Waals surface area contributed by atoms with E-state index in [1.54, 1.807) is 6.07 Å². The molecule has 2 rings (SSSR count). The Morgan fingerprint density at radius 1 is 1.06 bits per heavy atom. The van der Waals surface area contributed by atoms with Gasteiger partial charge in [0.25, 0.3) is 0 Å². The Morgan fingerprint density at radius 2 is 1.82 bits per heavy atom. The molecule has 2 aromatic rings. The van der Waals surface area contributed by atoms with Crippen LogP contribution in [0.3, 0.4) is 0 Å². The van der Waals surface area contributed by atoms with Crippen LogP contribution >= 0.6 is 23.2 Å². The third kappa shape index (κ3) is 2.65. The Labute approximate surface area is 110 Å². The van der Waals surface area contributed by atoms with E-state index in [9.17, 15) is 0 Å². The molecule has 2 aromatic carbocycles. The lowest BCUT2D eigenvalue weighted by Gasteiger charge is -2.11. The van der Waals surface area contributed by atoms with Crippen LogP contribution in [0.2, 0.25) is 10.0 Å². The molecule has 17 heavy (non-hydrogen) atoms. The fraction of sp³-hybridized carbons (Fsp3) is 0.0769. The molecule has 2 nitrogen and oxygen atoms in total. The van der Waals surface area contributed by atoms with Crippen molar-refractivity contribution in [3.05, 3.63) is 52.0 Å². The lowest BCUT2D eigenvalue weighted by atomic mass is 10.2. The van der Waals surface area contributed by atoms with Crippen molar-refractivity contribution in [2.75, 3.05) is 11.1 Å². The van der Waals surface area contributed by atoms with Crippen LogP contribution < -0.4 is 11.1 Å². The van der Waals surface area contributed by atoms with Crippen LogP contribution in [0.15, 0.2) is 36.4 Å². The summed E-state index contributed by atoms with van der Waals surface area (Å²) in [4.78, 5) is 0. The number of para-hydroxylation sites is 1. The van der Waals surface area contributed by atoms with Gasteiger partial charge in [-0.05, 0) is 36.8 Å². The molecular weight excluding hydrogens is 255 g/mol. The minimum absolute atomic E-state index is 0.533. The van der Waals surface area contributed by atoms with Crippen molar-refractivity contribution in [2.24, 2.45) is 0 Å². The van der Waals surface area contributed by atoms with E-state index in [1.807, 2.05) is 37.3 Å². The lowest BCUT2D eigenvalue weighted by Crippen LogP contribution is -1.96. The minimum atomic E-state index is 0.533. The smallest absolute Gasteiger partial charge is 0.0742 e. The minimum Gasteiger partial charge on any atom is -0.396 e. The van der Waals surface area contributed by atoms with Crippen LogP contribution in [-0.2, 0) is 0 Å². The zero-order valence-corrected chi connectivity index (χ0v) is 10.8. The van der Waals surface area contributed by atoms with E-state index in [-0.39, 0.29) is 0 Å². The monoisotopic (exact) mass is 266 g/mol. The van der Waals surface area contributed by atoms with Gasteiger partial charge in [-0.25, -0.2) is 0 Å². The van der Waals surface area contributed by atoms with Crippen molar-refractivity contribution in [2.45, 2.75) is 6.92 Å². The molecule has 0 aliphatic carbocycles. The SMILES string of the molecule is Cc1ccc(Nc2cccc(Cl)c2N)cc1Cl. The maximum absolute atomic E-state index is 6.05. The second kappa shape index (κ2) is 4.86. The molecule has 3 N–H and O–H groups in total. The molecule has 0 spiro atoms. The van der Waals surface area contributed by atoms with Crippen molar-refractivity contribution in [1.82, 2.24) is 0 Å². The third-order valence-corrected chi connectivity index (χ3v) is 3.24.